The van der Waals surface area contributed by atoms with Crippen LogP contribution in [-0.2, 0) is 0 Å². The standard InChI is InChI=1S/C17H28N2O2/c1-13(19-9-7-14(8-10-19)12-18-2)16-11-15(20-3)5-6-17(16)21-4/h5-6,11,13-14,18H,7-10,12H2,1-4H3. The predicted octanol–water partition coefficient (Wildman–Crippen LogP) is 2.70. The van der Waals surface area contributed by atoms with Crippen molar-refractivity contribution >= 4 is 0 Å². The molecule has 0 saturated carbocycles. The molecule has 0 bridgehead atoms. The minimum absolute atomic E-state index is 0.352. The SMILES string of the molecule is CNCC1CCN(C(C)c2cc(OC)ccc2OC)CC1. The monoisotopic (exact) mass is 292 g/mol. The molecule has 1 N–H and O–H groups in total. The molecule has 1 aliphatic rings. The van der Waals surface area contributed by atoms with Gasteiger partial charge in [-0.1, -0.05) is 0 Å². The summed E-state index contributed by atoms with van der Waals surface area (Å²) >= 11 is 0. The van der Waals surface area contributed by atoms with E-state index in [4.69, 9.17) is 9.47 Å². The molecule has 1 aromatic carbocycles. The molecule has 0 radical (unpaired) electrons. The van der Waals surface area contributed by atoms with Crippen LogP contribution in [0.4, 0.5) is 0 Å². The number of ether oxygens (including phenoxy) is 2. The zero-order valence-corrected chi connectivity index (χ0v) is 13.7. The van der Waals surface area contributed by atoms with Gasteiger partial charge in [0, 0.05) is 11.6 Å². The summed E-state index contributed by atoms with van der Waals surface area (Å²) in [7, 11) is 5.48. The summed E-state index contributed by atoms with van der Waals surface area (Å²) in [6, 6.07) is 6.40. The van der Waals surface area contributed by atoms with E-state index in [1.54, 1.807) is 14.2 Å². The third kappa shape index (κ3) is 3.89. The quantitative estimate of drug-likeness (QED) is 0.874. The highest BCUT2D eigenvalue weighted by atomic mass is 16.5. The molecule has 1 unspecified atom stereocenters. The number of hydrogen-bond acceptors (Lipinski definition) is 4. The number of piperidine rings is 1. The summed E-state index contributed by atoms with van der Waals surface area (Å²) in [5.74, 6) is 2.65. The molecule has 4 heteroatoms. The van der Waals surface area contributed by atoms with Crippen LogP contribution in [0.5, 0.6) is 11.5 Å². The van der Waals surface area contributed by atoms with Crippen molar-refractivity contribution in [3.05, 3.63) is 23.8 Å². The minimum Gasteiger partial charge on any atom is -0.497 e. The molecule has 118 valence electrons. The molecule has 1 atom stereocenters. The first kappa shape index (κ1) is 16.1. The largest absolute Gasteiger partial charge is 0.497 e. The number of hydrogen-bond donors (Lipinski definition) is 1. The Balaban J connectivity index is 2.07. The van der Waals surface area contributed by atoms with Gasteiger partial charge >= 0.3 is 0 Å². The fourth-order valence-electron chi connectivity index (χ4n) is 3.20. The smallest absolute Gasteiger partial charge is 0.123 e. The van der Waals surface area contributed by atoms with Gasteiger partial charge in [-0.05, 0) is 70.6 Å². The van der Waals surface area contributed by atoms with Crippen LogP contribution in [0.1, 0.15) is 31.4 Å². The first-order valence-electron chi connectivity index (χ1n) is 7.80. The molecule has 1 saturated heterocycles. The van der Waals surface area contributed by atoms with E-state index in [2.05, 4.69) is 23.2 Å². The van der Waals surface area contributed by atoms with Gasteiger partial charge < -0.3 is 14.8 Å². The third-order valence-electron chi connectivity index (χ3n) is 4.58. The molecule has 1 aromatic rings. The van der Waals surface area contributed by atoms with Gasteiger partial charge in [-0.2, -0.15) is 0 Å². The summed E-state index contributed by atoms with van der Waals surface area (Å²) < 4.78 is 10.9. The lowest BCUT2D eigenvalue weighted by Crippen LogP contribution is -2.38. The molecule has 1 fully saturated rings. The molecule has 2 rings (SSSR count). The summed E-state index contributed by atoms with van der Waals surface area (Å²) in [6.07, 6.45) is 2.52. The van der Waals surface area contributed by atoms with Crippen LogP contribution in [0.3, 0.4) is 0 Å². The number of methoxy groups -OCH3 is 2. The van der Waals surface area contributed by atoms with Gasteiger partial charge in [0.15, 0.2) is 0 Å². The second kappa shape index (κ2) is 7.66. The second-order valence-electron chi connectivity index (χ2n) is 5.82. The Hall–Kier alpha value is -1.26. The van der Waals surface area contributed by atoms with E-state index in [1.807, 2.05) is 19.2 Å². The highest BCUT2D eigenvalue weighted by Gasteiger charge is 2.25. The number of likely N-dealkylation sites (tertiary alicyclic amines) is 1. The number of benzene rings is 1. The Morgan fingerprint density at radius 1 is 1.24 bits per heavy atom. The first-order valence-corrected chi connectivity index (χ1v) is 7.80. The van der Waals surface area contributed by atoms with Gasteiger partial charge in [-0.3, -0.25) is 4.90 Å². The zero-order chi connectivity index (χ0) is 15.2. The van der Waals surface area contributed by atoms with Gasteiger partial charge in [0.25, 0.3) is 0 Å². The molecule has 0 amide bonds. The van der Waals surface area contributed by atoms with Crippen molar-refractivity contribution in [1.82, 2.24) is 10.2 Å². The van der Waals surface area contributed by atoms with E-state index in [0.717, 1.165) is 37.1 Å². The fourth-order valence-corrected chi connectivity index (χ4v) is 3.20. The number of nitrogens with zero attached hydrogens (tertiary/aromatic N) is 1. The maximum atomic E-state index is 5.52. The maximum Gasteiger partial charge on any atom is 0.123 e. The van der Waals surface area contributed by atoms with E-state index in [-0.39, 0.29) is 0 Å². The number of nitrogens with one attached hydrogen (secondary N) is 1. The maximum absolute atomic E-state index is 5.52. The molecule has 0 aromatic heterocycles. The molecular formula is C17H28N2O2. The average molecular weight is 292 g/mol. The molecule has 1 aliphatic heterocycles. The van der Waals surface area contributed by atoms with Crippen molar-refractivity contribution in [1.29, 1.82) is 0 Å². The molecule has 21 heavy (non-hydrogen) atoms. The van der Waals surface area contributed by atoms with E-state index < -0.39 is 0 Å². The molecule has 4 nitrogen and oxygen atoms in total. The highest BCUT2D eigenvalue weighted by Crippen LogP contribution is 2.34. The topological polar surface area (TPSA) is 33.7 Å². The van der Waals surface area contributed by atoms with Crippen LogP contribution < -0.4 is 14.8 Å². The van der Waals surface area contributed by atoms with Crippen LogP contribution in [0.2, 0.25) is 0 Å². The summed E-state index contributed by atoms with van der Waals surface area (Å²) in [5.41, 5.74) is 1.21. The van der Waals surface area contributed by atoms with Gasteiger partial charge in [-0.25, -0.2) is 0 Å². The van der Waals surface area contributed by atoms with Gasteiger partial charge in [0.2, 0.25) is 0 Å². The lowest BCUT2D eigenvalue weighted by atomic mass is 9.94. The van der Waals surface area contributed by atoms with Crippen LogP contribution in [0, 0.1) is 5.92 Å². The third-order valence-corrected chi connectivity index (χ3v) is 4.58. The Kier molecular flexibility index (Phi) is 5.88. The van der Waals surface area contributed by atoms with Crippen molar-refractivity contribution in [2.45, 2.75) is 25.8 Å². The lowest BCUT2D eigenvalue weighted by molar-refractivity contribution is 0.139. The van der Waals surface area contributed by atoms with Crippen molar-refractivity contribution < 1.29 is 9.47 Å². The zero-order valence-electron chi connectivity index (χ0n) is 13.7. The Morgan fingerprint density at radius 2 is 1.95 bits per heavy atom. The second-order valence-corrected chi connectivity index (χ2v) is 5.82. The number of rotatable bonds is 6. The van der Waals surface area contributed by atoms with E-state index >= 15 is 0 Å². The minimum atomic E-state index is 0.352. The molecule has 0 aliphatic carbocycles. The van der Waals surface area contributed by atoms with Crippen LogP contribution in [0.15, 0.2) is 18.2 Å². The molecular weight excluding hydrogens is 264 g/mol. The van der Waals surface area contributed by atoms with E-state index in [1.165, 1.54) is 18.4 Å². The van der Waals surface area contributed by atoms with Crippen LogP contribution >= 0.6 is 0 Å². The Bertz CT molecular complexity index is 442. The van der Waals surface area contributed by atoms with Crippen molar-refractivity contribution in [3.63, 3.8) is 0 Å². The Labute approximate surface area is 128 Å². The van der Waals surface area contributed by atoms with Gasteiger partial charge in [0.1, 0.15) is 11.5 Å². The fraction of sp³-hybridized carbons (Fsp3) is 0.647. The van der Waals surface area contributed by atoms with Crippen molar-refractivity contribution in [2.24, 2.45) is 5.92 Å². The van der Waals surface area contributed by atoms with Gasteiger partial charge in [0.05, 0.1) is 14.2 Å². The van der Waals surface area contributed by atoms with Gasteiger partial charge in [-0.15, -0.1) is 0 Å². The normalized spacial score (nSPS) is 18.5. The highest BCUT2D eigenvalue weighted by molar-refractivity contribution is 5.42. The Morgan fingerprint density at radius 3 is 2.52 bits per heavy atom. The average Bonchev–Trinajstić information content (AvgIpc) is 2.54. The van der Waals surface area contributed by atoms with E-state index in [9.17, 15) is 0 Å². The predicted molar refractivity (Wildman–Crippen MR) is 86.2 cm³/mol. The first-order chi connectivity index (χ1) is 10.2. The lowest BCUT2D eigenvalue weighted by Gasteiger charge is -2.36. The summed E-state index contributed by atoms with van der Waals surface area (Å²) in [6.45, 7) is 5.68. The summed E-state index contributed by atoms with van der Waals surface area (Å²) in [4.78, 5) is 2.55. The van der Waals surface area contributed by atoms with Crippen molar-refractivity contribution in [3.8, 4) is 11.5 Å². The summed E-state index contributed by atoms with van der Waals surface area (Å²) in [5, 5.41) is 3.29. The molecule has 0 spiro atoms. The molecule has 1 heterocycles. The van der Waals surface area contributed by atoms with Crippen LogP contribution in [-0.4, -0.2) is 45.8 Å². The van der Waals surface area contributed by atoms with E-state index in [0.29, 0.717) is 6.04 Å². The van der Waals surface area contributed by atoms with Crippen molar-refractivity contribution in [2.75, 3.05) is 40.9 Å². The van der Waals surface area contributed by atoms with Crippen LogP contribution in [0.25, 0.3) is 0 Å².